The Morgan fingerprint density at radius 2 is 1.91 bits per heavy atom. The van der Waals surface area contributed by atoms with Crippen molar-refractivity contribution in [2.75, 3.05) is 17.2 Å². The van der Waals surface area contributed by atoms with E-state index in [2.05, 4.69) is 15.6 Å². The van der Waals surface area contributed by atoms with Crippen molar-refractivity contribution < 1.29 is 23.1 Å². The minimum atomic E-state index is -0.384. The maximum absolute atomic E-state index is 13.0. The number of carbonyl (C=O) groups is 2. The van der Waals surface area contributed by atoms with E-state index in [1.54, 1.807) is 54.7 Å². The first-order valence-corrected chi connectivity index (χ1v) is 10.4. The smallest absolute Gasteiger partial charge is 0.291 e. The van der Waals surface area contributed by atoms with E-state index in [1.807, 2.05) is 0 Å². The first kappa shape index (κ1) is 21.3. The molecule has 2 aromatic heterocycles. The number of nitrogens with zero attached hydrogens (tertiary/aromatic N) is 1. The lowest BCUT2D eigenvalue weighted by molar-refractivity contribution is -0.118. The summed E-state index contributed by atoms with van der Waals surface area (Å²) in [4.78, 5) is 29.4. The molecule has 0 unspecified atom stereocenters. The van der Waals surface area contributed by atoms with E-state index in [0.29, 0.717) is 23.0 Å². The largest absolute Gasteiger partial charge is 0.484 e. The van der Waals surface area contributed by atoms with Gasteiger partial charge in [0.1, 0.15) is 11.6 Å². The first-order valence-electron chi connectivity index (χ1n) is 9.62. The van der Waals surface area contributed by atoms with Gasteiger partial charge in [-0.05, 0) is 42.0 Å². The number of nitrogens with one attached hydrogen (secondary N) is 2. The van der Waals surface area contributed by atoms with Crippen molar-refractivity contribution in [3.8, 4) is 5.75 Å². The van der Waals surface area contributed by atoms with E-state index in [1.165, 1.54) is 29.7 Å². The normalized spacial score (nSPS) is 10.5. The molecule has 32 heavy (non-hydrogen) atoms. The van der Waals surface area contributed by atoms with E-state index in [0.717, 1.165) is 10.4 Å². The van der Waals surface area contributed by atoms with Crippen molar-refractivity contribution in [2.45, 2.75) is 6.42 Å². The van der Waals surface area contributed by atoms with E-state index in [9.17, 15) is 14.0 Å². The summed E-state index contributed by atoms with van der Waals surface area (Å²) in [5.41, 5.74) is 1.46. The van der Waals surface area contributed by atoms with Gasteiger partial charge in [0.05, 0.1) is 6.26 Å². The third-order valence-corrected chi connectivity index (χ3v) is 5.21. The minimum absolute atomic E-state index is 0.193. The molecule has 0 bridgehead atoms. The van der Waals surface area contributed by atoms with E-state index in [4.69, 9.17) is 9.15 Å². The van der Waals surface area contributed by atoms with Gasteiger partial charge in [0, 0.05) is 29.2 Å². The van der Waals surface area contributed by atoms with Crippen LogP contribution >= 0.6 is 11.3 Å². The van der Waals surface area contributed by atoms with Crippen LogP contribution in [0.25, 0.3) is 0 Å². The van der Waals surface area contributed by atoms with Crippen LogP contribution in [0.5, 0.6) is 5.75 Å². The van der Waals surface area contributed by atoms with Crippen molar-refractivity contribution in [3.63, 3.8) is 0 Å². The number of aromatic nitrogens is 1. The summed E-state index contributed by atoms with van der Waals surface area (Å²) in [5, 5.41) is 5.84. The minimum Gasteiger partial charge on any atom is -0.484 e. The quantitative estimate of drug-likeness (QED) is 0.404. The van der Waals surface area contributed by atoms with Crippen molar-refractivity contribution in [1.82, 2.24) is 4.98 Å². The van der Waals surface area contributed by atoms with Gasteiger partial charge in [0.15, 0.2) is 17.5 Å². The Morgan fingerprint density at radius 1 is 1.06 bits per heavy atom. The molecule has 9 heteroatoms. The second kappa shape index (κ2) is 9.88. The summed E-state index contributed by atoms with van der Waals surface area (Å²) in [6.07, 6.45) is 3.69. The van der Waals surface area contributed by atoms with Gasteiger partial charge in [-0.1, -0.05) is 18.2 Å². The summed E-state index contributed by atoms with van der Waals surface area (Å²) in [7, 11) is 0. The van der Waals surface area contributed by atoms with E-state index < -0.39 is 0 Å². The van der Waals surface area contributed by atoms with E-state index >= 15 is 0 Å². The molecule has 0 aliphatic carbocycles. The van der Waals surface area contributed by atoms with Crippen molar-refractivity contribution in [2.24, 2.45) is 0 Å². The van der Waals surface area contributed by atoms with Gasteiger partial charge in [-0.3, -0.25) is 14.9 Å². The van der Waals surface area contributed by atoms with E-state index in [-0.39, 0.29) is 30.0 Å². The lowest BCUT2D eigenvalue weighted by atomic mass is 10.1. The molecular weight excluding hydrogens is 433 g/mol. The number of hydrogen-bond donors (Lipinski definition) is 2. The van der Waals surface area contributed by atoms with Gasteiger partial charge in [-0.15, -0.1) is 11.3 Å². The van der Waals surface area contributed by atoms with Crippen LogP contribution in [0.4, 0.5) is 15.2 Å². The van der Waals surface area contributed by atoms with Gasteiger partial charge in [0.25, 0.3) is 11.8 Å². The van der Waals surface area contributed by atoms with Crippen LogP contribution in [-0.4, -0.2) is 23.4 Å². The molecular formula is C23H18FN3O4S. The van der Waals surface area contributed by atoms with Gasteiger partial charge in [-0.2, -0.15) is 0 Å². The van der Waals surface area contributed by atoms with Crippen LogP contribution in [0.2, 0.25) is 0 Å². The molecule has 4 rings (SSSR count). The molecule has 0 fully saturated rings. The van der Waals surface area contributed by atoms with Crippen molar-refractivity contribution in [3.05, 3.63) is 95.1 Å². The molecule has 162 valence electrons. The number of halogens is 1. The zero-order chi connectivity index (χ0) is 22.3. The molecule has 0 spiro atoms. The highest BCUT2D eigenvalue weighted by Crippen LogP contribution is 2.22. The number of amides is 2. The molecule has 2 heterocycles. The average molecular weight is 451 g/mol. The molecule has 0 aliphatic rings. The molecule has 2 aromatic carbocycles. The predicted octanol–water partition coefficient (Wildman–Crippen LogP) is 4.74. The molecule has 4 aromatic rings. The van der Waals surface area contributed by atoms with Crippen LogP contribution in [0.15, 0.2) is 77.5 Å². The molecule has 2 amide bonds. The third kappa shape index (κ3) is 5.79. The fraction of sp³-hybridized carbons (Fsp3) is 0.0870. The number of benzene rings is 2. The Balaban J connectivity index is 1.27. The zero-order valence-corrected chi connectivity index (χ0v) is 17.5. The Hall–Kier alpha value is -3.98. The van der Waals surface area contributed by atoms with Gasteiger partial charge >= 0.3 is 0 Å². The van der Waals surface area contributed by atoms with Gasteiger partial charge in [0.2, 0.25) is 0 Å². The number of ether oxygens (including phenoxy) is 1. The monoisotopic (exact) mass is 451 g/mol. The van der Waals surface area contributed by atoms with Crippen LogP contribution in [-0.2, 0) is 11.2 Å². The van der Waals surface area contributed by atoms with Gasteiger partial charge in [-0.25, -0.2) is 9.37 Å². The summed E-state index contributed by atoms with van der Waals surface area (Å²) < 4.78 is 23.6. The maximum Gasteiger partial charge on any atom is 0.291 e. The summed E-state index contributed by atoms with van der Waals surface area (Å²) in [6.45, 7) is -0.220. The fourth-order valence-corrected chi connectivity index (χ4v) is 3.68. The Labute approximate surface area is 186 Å². The Kier molecular flexibility index (Phi) is 6.57. The SMILES string of the molecule is O=C(COc1cccc(NC(=O)c2ccco2)c1)Nc1ncc(Cc2ccc(F)cc2)s1. The second-order valence-electron chi connectivity index (χ2n) is 6.73. The standard InChI is InChI=1S/C23H18FN3O4S/c24-16-8-6-15(7-9-16)11-19-13-25-23(32-19)27-21(28)14-31-18-4-1-3-17(12-18)26-22(29)20-5-2-10-30-20/h1-10,12-13H,11,14H2,(H,26,29)(H,25,27,28). The van der Waals surface area contributed by atoms with Crippen LogP contribution in [0.3, 0.4) is 0 Å². The summed E-state index contributed by atoms with van der Waals surface area (Å²) in [6, 6.07) is 16.1. The Bertz CT molecular complexity index is 1210. The zero-order valence-electron chi connectivity index (χ0n) is 16.7. The average Bonchev–Trinajstić information content (AvgIpc) is 3.47. The molecule has 0 atom stereocenters. The fourth-order valence-electron chi connectivity index (χ4n) is 2.82. The molecule has 2 N–H and O–H groups in total. The van der Waals surface area contributed by atoms with Crippen molar-refractivity contribution in [1.29, 1.82) is 0 Å². The second-order valence-corrected chi connectivity index (χ2v) is 7.85. The molecule has 7 nitrogen and oxygen atoms in total. The van der Waals surface area contributed by atoms with Crippen LogP contribution in [0.1, 0.15) is 21.0 Å². The molecule has 0 saturated carbocycles. The topological polar surface area (TPSA) is 93.5 Å². The maximum atomic E-state index is 13.0. The van der Waals surface area contributed by atoms with Crippen LogP contribution in [0, 0.1) is 5.82 Å². The number of furan rings is 1. The predicted molar refractivity (Wildman–Crippen MR) is 119 cm³/mol. The summed E-state index contributed by atoms with van der Waals surface area (Å²) >= 11 is 1.34. The Morgan fingerprint density at radius 3 is 2.69 bits per heavy atom. The third-order valence-electron chi connectivity index (χ3n) is 4.30. The number of hydrogen-bond acceptors (Lipinski definition) is 6. The van der Waals surface area contributed by atoms with Crippen molar-refractivity contribution >= 4 is 34.0 Å². The highest BCUT2D eigenvalue weighted by molar-refractivity contribution is 7.15. The number of rotatable bonds is 8. The number of carbonyl (C=O) groups excluding carboxylic acids is 2. The highest BCUT2D eigenvalue weighted by Gasteiger charge is 2.11. The molecule has 0 saturated heterocycles. The van der Waals surface area contributed by atoms with Crippen LogP contribution < -0.4 is 15.4 Å². The number of anilines is 2. The molecule has 0 aliphatic heterocycles. The first-order chi connectivity index (χ1) is 15.5. The molecule has 0 radical (unpaired) electrons. The highest BCUT2D eigenvalue weighted by atomic mass is 32.1. The number of thiazole rings is 1. The summed E-state index contributed by atoms with van der Waals surface area (Å²) in [5.74, 6) is -0.411. The lowest BCUT2D eigenvalue weighted by Crippen LogP contribution is -2.20. The lowest BCUT2D eigenvalue weighted by Gasteiger charge is -2.08. The van der Waals surface area contributed by atoms with Gasteiger partial charge < -0.3 is 14.5 Å².